The number of rotatable bonds is 4. The van der Waals surface area contributed by atoms with Gasteiger partial charge < -0.3 is 4.74 Å². The molecule has 1 fully saturated rings. The minimum atomic E-state index is -5.56. The largest absolute Gasteiger partial charge is 0.427 e. The van der Waals surface area contributed by atoms with E-state index in [-0.39, 0.29) is 37.9 Å². The van der Waals surface area contributed by atoms with Crippen LogP contribution in [0.15, 0.2) is 0 Å². The van der Waals surface area contributed by atoms with E-state index < -0.39 is 18.1 Å². The summed E-state index contributed by atoms with van der Waals surface area (Å²) in [6.45, 7) is -0.662. The van der Waals surface area contributed by atoms with Gasteiger partial charge in [-0.25, -0.2) is 4.90 Å². The summed E-state index contributed by atoms with van der Waals surface area (Å²) in [6, 6.07) is -4.92. The Labute approximate surface area is 94.5 Å². The number of hydrogen-bond acceptors (Lipinski definition) is 2. The lowest BCUT2D eigenvalue weighted by Crippen LogP contribution is -2.63. The highest BCUT2D eigenvalue weighted by Crippen LogP contribution is 2.48. The van der Waals surface area contributed by atoms with E-state index in [1.54, 1.807) is 0 Å². The Kier molecular flexibility index (Phi) is 3.97. The molecule has 1 aliphatic rings. The lowest BCUT2D eigenvalue weighted by molar-refractivity contribution is -0.418. The summed E-state index contributed by atoms with van der Waals surface area (Å²) in [5, 5.41) is 0. The van der Waals surface area contributed by atoms with Crippen LogP contribution in [-0.2, 0) is 4.74 Å². The van der Waals surface area contributed by atoms with Crippen LogP contribution in [0.2, 0.25) is 0 Å². The summed E-state index contributed by atoms with van der Waals surface area (Å²) in [6.07, 6.45) is -4.01. The average Bonchev–Trinajstić information content (AvgIpc) is 2.29. The molecule has 1 saturated heterocycles. The second-order valence-electron chi connectivity index (χ2n) is 3.88. The molecule has 0 bridgehead atoms. The maximum Gasteiger partial charge on any atom is 0.427 e. The van der Waals surface area contributed by atoms with E-state index >= 15 is 0 Å². The molecular weight excluding hydrogens is 252 g/mol. The molecule has 0 unspecified atom stereocenters. The first-order valence-corrected chi connectivity index (χ1v) is 5.10. The topological polar surface area (TPSA) is 12.5 Å². The van der Waals surface area contributed by atoms with Gasteiger partial charge in [0.25, 0.3) is 0 Å². The molecule has 1 aliphatic heterocycles. The number of piperidine rings is 1. The van der Waals surface area contributed by atoms with E-state index in [1.165, 1.54) is 0 Å². The SMILES string of the molecule is COC(F)(F)C(F)(F)C(F)(F)N1CCCCC1. The molecule has 0 N–H and O–H groups in total. The predicted octanol–water partition coefficient (Wildman–Crippen LogP) is 2.94. The fraction of sp³-hybridized carbons (Fsp3) is 1.00. The molecule has 0 aromatic heterocycles. The maximum absolute atomic E-state index is 13.4. The van der Waals surface area contributed by atoms with Crippen molar-refractivity contribution in [2.75, 3.05) is 20.2 Å². The maximum atomic E-state index is 13.4. The average molecular weight is 265 g/mol. The molecule has 17 heavy (non-hydrogen) atoms. The van der Waals surface area contributed by atoms with E-state index in [0.29, 0.717) is 6.42 Å². The highest BCUT2D eigenvalue weighted by molar-refractivity contribution is 4.92. The van der Waals surface area contributed by atoms with Gasteiger partial charge >= 0.3 is 18.1 Å². The molecular formula is C9H13F6NO. The molecule has 0 aromatic carbocycles. The van der Waals surface area contributed by atoms with Gasteiger partial charge in [-0.05, 0) is 12.8 Å². The molecule has 0 aromatic rings. The molecule has 0 aliphatic carbocycles. The molecule has 0 spiro atoms. The lowest BCUT2D eigenvalue weighted by Gasteiger charge is -2.39. The van der Waals surface area contributed by atoms with Crippen molar-refractivity contribution in [1.29, 1.82) is 0 Å². The quantitative estimate of drug-likeness (QED) is 0.572. The zero-order valence-electron chi connectivity index (χ0n) is 9.16. The van der Waals surface area contributed by atoms with Gasteiger partial charge in [-0.3, -0.25) is 0 Å². The highest BCUT2D eigenvalue weighted by Gasteiger charge is 2.74. The summed E-state index contributed by atoms with van der Waals surface area (Å²) in [5.41, 5.74) is 0. The van der Waals surface area contributed by atoms with Crippen molar-refractivity contribution in [3.05, 3.63) is 0 Å². The molecule has 0 radical (unpaired) electrons. The lowest BCUT2D eigenvalue weighted by atomic mass is 10.1. The zero-order chi connectivity index (χ0) is 13.3. The summed E-state index contributed by atoms with van der Waals surface area (Å²) >= 11 is 0. The van der Waals surface area contributed by atoms with Crippen molar-refractivity contribution in [2.24, 2.45) is 0 Å². The fourth-order valence-corrected chi connectivity index (χ4v) is 1.68. The number of likely N-dealkylation sites (tertiary alicyclic amines) is 1. The molecule has 102 valence electrons. The Bertz CT molecular complexity index is 264. The second-order valence-corrected chi connectivity index (χ2v) is 3.88. The molecule has 1 rings (SSSR count). The van der Waals surface area contributed by atoms with Gasteiger partial charge in [0.05, 0.1) is 0 Å². The van der Waals surface area contributed by atoms with Crippen LogP contribution in [0.4, 0.5) is 26.3 Å². The van der Waals surface area contributed by atoms with Crippen molar-refractivity contribution in [1.82, 2.24) is 4.90 Å². The molecule has 0 amide bonds. The number of hydrogen-bond donors (Lipinski definition) is 0. The molecule has 1 heterocycles. The van der Waals surface area contributed by atoms with E-state index in [9.17, 15) is 26.3 Å². The number of ether oxygens (including phenoxy) is 1. The predicted molar refractivity (Wildman–Crippen MR) is 47.3 cm³/mol. The minimum Gasteiger partial charge on any atom is -0.319 e. The van der Waals surface area contributed by atoms with Gasteiger partial charge in [-0.15, -0.1) is 0 Å². The Morgan fingerprint density at radius 1 is 0.882 bits per heavy atom. The van der Waals surface area contributed by atoms with Crippen LogP contribution >= 0.6 is 0 Å². The standard InChI is InChI=1S/C9H13F6NO/c1-17-9(14,15)7(10,11)8(12,13)16-5-3-2-4-6-16/h2-6H2,1H3. The van der Waals surface area contributed by atoms with Gasteiger partial charge in [-0.2, -0.15) is 26.3 Å². The van der Waals surface area contributed by atoms with E-state index in [0.717, 1.165) is 0 Å². The van der Waals surface area contributed by atoms with Crippen LogP contribution in [0, 0.1) is 0 Å². The molecule has 0 atom stereocenters. The number of methoxy groups -OCH3 is 1. The third kappa shape index (κ3) is 2.37. The molecule has 8 heteroatoms. The summed E-state index contributed by atoms with van der Waals surface area (Å²) in [5.74, 6) is -5.56. The van der Waals surface area contributed by atoms with Gasteiger partial charge in [0.2, 0.25) is 0 Å². The van der Waals surface area contributed by atoms with E-state index in [4.69, 9.17) is 0 Å². The van der Waals surface area contributed by atoms with Crippen LogP contribution in [0.3, 0.4) is 0 Å². The van der Waals surface area contributed by atoms with Crippen molar-refractivity contribution < 1.29 is 31.1 Å². The summed E-state index contributed by atoms with van der Waals surface area (Å²) in [4.78, 5) is 0.0867. The van der Waals surface area contributed by atoms with Crippen molar-refractivity contribution in [3.8, 4) is 0 Å². The van der Waals surface area contributed by atoms with Gasteiger partial charge in [0.15, 0.2) is 0 Å². The zero-order valence-corrected chi connectivity index (χ0v) is 9.16. The van der Waals surface area contributed by atoms with E-state index in [1.807, 2.05) is 0 Å². The number of halogens is 6. The van der Waals surface area contributed by atoms with Crippen LogP contribution in [-0.4, -0.2) is 43.2 Å². The third-order valence-corrected chi connectivity index (χ3v) is 2.75. The van der Waals surface area contributed by atoms with Crippen molar-refractivity contribution in [3.63, 3.8) is 0 Å². The minimum absolute atomic E-state index is 0.0867. The number of nitrogens with zero attached hydrogens (tertiary/aromatic N) is 1. The summed E-state index contributed by atoms with van der Waals surface area (Å²) in [7, 11) is 0.264. The Morgan fingerprint density at radius 3 is 1.76 bits per heavy atom. The normalized spacial score (nSPS) is 20.6. The van der Waals surface area contributed by atoms with Gasteiger partial charge in [0, 0.05) is 20.2 Å². The van der Waals surface area contributed by atoms with E-state index in [2.05, 4.69) is 4.74 Å². The Morgan fingerprint density at radius 2 is 1.35 bits per heavy atom. The third-order valence-electron chi connectivity index (χ3n) is 2.75. The molecule has 2 nitrogen and oxygen atoms in total. The summed E-state index contributed by atoms with van der Waals surface area (Å²) < 4.78 is 81.6. The fourth-order valence-electron chi connectivity index (χ4n) is 1.68. The van der Waals surface area contributed by atoms with Crippen LogP contribution in [0.25, 0.3) is 0 Å². The smallest absolute Gasteiger partial charge is 0.319 e. The number of alkyl halides is 6. The van der Waals surface area contributed by atoms with Crippen LogP contribution in [0.5, 0.6) is 0 Å². The highest BCUT2D eigenvalue weighted by atomic mass is 19.4. The van der Waals surface area contributed by atoms with Crippen molar-refractivity contribution in [2.45, 2.75) is 37.3 Å². The van der Waals surface area contributed by atoms with Crippen molar-refractivity contribution >= 4 is 0 Å². The Balaban J connectivity index is 2.94. The van der Waals surface area contributed by atoms with Gasteiger partial charge in [-0.1, -0.05) is 6.42 Å². The second kappa shape index (κ2) is 4.64. The Hall–Kier alpha value is -0.500. The first-order chi connectivity index (χ1) is 7.67. The monoisotopic (exact) mass is 265 g/mol. The first-order valence-electron chi connectivity index (χ1n) is 5.10. The molecule has 0 saturated carbocycles. The van der Waals surface area contributed by atoms with Crippen LogP contribution in [0.1, 0.15) is 19.3 Å². The van der Waals surface area contributed by atoms with Gasteiger partial charge in [0.1, 0.15) is 0 Å². The van der Waals surface area contributed by atoms with Crippen LogP contribution < -0.4 is 0 Å². The first kappa shape index (κ1) is 14.6.